The van der Waals surface area contributed by atoms with Crippen LogP contribution in [0, 0.1) is 10.1 Å². The van der Waals surface area contributed by atoms with Crippen LogP contribution in [-0.4, -0.2) is 29.3 Å². The van der Waals surface area contributed by atoms with Crippen LogP contribution >= 0.6 is 0 Å². The van der Waals surface area contributed by atoms with Gasteiger partial charge in [-0.15, -0.1) is 0 Å². The van der Waals surface area contributed by atoms with Gasteiger partial charge in [-0.1, -0.05) is 0 Å². The number of hydrogen-bond donors (Lipinski definition) is 1. The largest absolute Gasteiger partial charge is 0.490 e. The second-order valence-electron chi connectivity index (χ2n) is 3.96. The predicted molar refractivity (Wildman–Crippen MR) is 59.3 cm³/mol. The zero-order chi connectivity index (χ0) is 12.4. The van der Waals surface area contributed by atoms with E-state index < -0.39 is 4.92 Å². The molecule has 1 aliphatic carbocycles. The van der Waals surface area contributed by atoms with Crippen molar-refractivity contribution in [2.75, 3.05) is 7.11 Å². The number of nitro groups is 1. The minimum atomic E-state index is -0.513. The zero-order valence-electron chi connectivity index (χ0n) is 9.33. The molecule has 0 aromatic heterocycles. The molecule has 92 valence electrons. The van der Waals surface area contributed by atoms with Crippen LogP contribution in [0.4, 0.5) is 5.69 Å². The number of hydrogen-bond acceptors (Lipinski definition) is 5. The van der Waals surface area contributed by atoms with Gasteiger partial charge >= 0.3 is 5.69 Å². The Hall–Kier alpha value is -1.82. The van der Waals surface area contributed by atoms with Gasteiger partial charge in [0.1, 0.15) is 11.9 Å². The second-order valence-corrected chi connectivity index (χ2v) is 3.96. The molecular weight excluding hydrogens is 226 g/mol. The highest BCUT2D eigenvalue weighted by molar-refractivity contribution is 5.50. The molecule has 1 aromatic rings. The van der Waals surface area contributed by atoms with Gasteiger partial charge < -0.3 is 14.6 Å². The molecular formula is C11H13NO5. The fourth-order valence-electron chi connectivity index (χ4n) is 1.71. The fourth-order valence-corrected chi connectivity index (χ4v) is 1.71. The number of methoxy groups -OCH3 is 1. The molecule has 1 aliphatic rings. The standard InChI is InChI=1S/C11H13NO5/c1-16-11-3-2-8(6-10(11)12(14)15)17-9-4-7(13)5-9/h2-3,6-7,9,13H,4-5H2,1H3. The smallest absolute Gasteiger partial charge is 0.314 e. The normalized spacial score (nSPS) is 22.7. The highest BCUT2D eigenvalue weighted by Crippen LogP contribution is 2.33. The Labute approximate surface area is 97.9 Å². The van der Waals surface area contributed by atoms with Crippen molar-refractivity contribution in [3.63, 3.8) is 0 Å². The summed E-state index contributed by atoms with van der Waals surface area (Å²) in [4.78, 5) is 10.3. The number of aliphatic hydroxyl groups is 1. The Morgan fingerprint density at radius 1 is 1.47 bits per heavy atom. The summed E-state index contributed by atoms with van der Waals surface area (Å²) in [7, 11) is 1.38. The van der Waals surface area contributed by atoms with E-state index in [9.17, 15) is 10.1 Å². The summed E-state index contributed by atoms with van der Waals surface area (Å²) in [5.41, 5.74) is -0.120. The number of rotatable bonds is 4. The van der Waals surface area contributed by atoms with E-state index in [0.29, 0.717) is 18.6 Å². The third-order valence-electron chi connectivity index (χ3n) is 2.72. The zero-order valence-corrected chi connectivity index (χ0v) is 9.33. The van der Waals surface area contributed by atoms with E-state index in [0.717, 1.165) is 0 Å². The van der Waals surface area contributed by atoms with Gasteiger partial charge in [-0.3, -0.25) is 10.1 Å². The molecule has 0 spiro atoms. The Bertz CT molecular complexity index is 428. The molecule has 1 N–H and O–H groups in total. The lowest BCUT2D eigenvalue weighted by molar-refractivity contribution is -0.385. The molecule has 6 nitrogen and oxygen atoms in total. The molecule has 6 heteroatoms. The first kappa shape index (κ1) is 11.7. The van der Waals surface area contributed by atoms with Gasteiger partial charge in [0, 0.05) is 12.8 Å². The molecule has 1 fully saturated rings. The maximum absolute atomic E-state index is 10.8. The van der Waals surface area contributed by atoms with Gasteiger partial charge in [0.15, 0.2) is 5.75 Å². The van der Waals surface area contributed by atoms with Crippen molar-refractivity contribution in [2.45, 2.75) is 25.0 Å². The first-order chi connectivity index (χ1) is 8.10. The van der Waals surface area contributed by atoms with Crippen LogP contribution in [0.5, 0.6) is 11.5 Å². The molecule has 0 radical (unpaired) electrons. The Morgan fingerprint density at radius 2 is 2.18 bits per heavy atom. The minimum absolute atomic E-state index is 0.0574. The molecule has 0 unspecified atom stereocenters. The number of nitrogens with zero attached hydrogens (tertiary/aromatic N) is 1. The summed E-state index contributed by atoms with van der Waals surface area (Å²) in [5.74, 6) is 0.630. The van der Waals surface area contributed by atoms with E-state index in [-0.39, 0.29) is 23.6 Å². The van der Waals surface area contributed by atoms with E-state index in [4.69, 9.17) is 14.6 Å². The summed E-state index contributed by atoms with van der Waals surface area (Å²) in [6, 6.07) is 4.46. The molecule has 0 bridgehead atoms. The number of benzene rings is 1. The molecule has 17 heavy (non-hydrogen) atoms. The van der Waals surface area contributed by atoms with Gasteiger partial charge in [0.05, 0.1) is 24.2 Å². The molecule has 1 aromatic carbocycles. The molecule has 0 saturated heterocycles. The third-order valence-corrected chi connectivity index (χ3v) is 2.72. The third kappa shape index (κ3) is 2.47. The highest BCUT2D eigenvalue weighted by atomic mass is 16.6. The lowest BCUT2D eigenvalue weighted by Gasteiger charge is -2.31. The average Bonchev–Trinajstić information content (AvgIpc) is 2.27. The van der Waals surface area contributed by atoms with Crippen molar-refractivity contribution in [3.05, 3.63) is 28.3 Å². The van der Waals surface area contributed by atoms with E-state index in [2.05, 4.69) is 0 Å². The van der Waals surface area contributed by atoms with Crippen LogP contribution < -0.4 is 9.47 Å². The van der Waals surface area contributed by atoms with Gasteiger partial charge in [0.2, 0.25) is 0 Å². The van der Waals surface area contributed by atoms with Crippen molar-refractivity contribution in [1.29, 1.82) is 0 Å². The summed E-state index contributed by atoms with van der Waals surface area (Å²) in [6.45, 7) is 0. The topological polar surface area (TPSA) is 81.8 Å². The first-order valence-electron chi connectivity index (χ1n) is 5.27. The van der Waals surface area contributed by atoms with E-state index in [1.54, 1.807) is 6.07 Å². The van der Waals surface area contributed by atoms with Gasteiger partial charge in [-0.25, -0.2) is 0 Å². The molecule has 0 atom stereocenters. The van der Waals surface area contributed by atoms with Crippen molar-refractivity contribution in [1.82, 2.24) is 0 Å². The molecule has 0 amide bonds. The Balaban J connectivity index is 2.13. The summed E-state index contributed by atoms with van der Waals surface area (Å²) in [6.07, 6.45) is 0.769. The first-order valence-corrected chi connectivity index (χ1v) is 5.27. The van der Waals surface area contributed by atoms with Crippen LogP contribution in [0.1, 0.15) is 12.8 Å². The van der Waals surface area contributed by atoms with Crippen LogP contribution in [0.25, 0.3) is 0 Å². The summed E-state index contributed by atoms with van der Waals surface area (Å²) >= 11 is 0. The summed E-state index contributed by atoms with van der Waals surface area (Å²) in [5, 5.41) is 19.9. The average molecular weight is 239 g/mol. The van der Waals surface area contributed by atoms with E-state index in [1.807, 2.05) is 0 Å². The van der Waals surface area contributed by atoms with Crippen molar-refractivity contribution >= 4 is 5.69 Å². The lowest BCUT2D eigenvalue weighted by Crippen LogP contribution is -2.37. The van der Waals surface area contributed by atoms with Crippen molar-refractivity contribution in [2.24, 2.45) is 0 Å². The fraction of sp³-hybridized carbons (Fsp3) is 0.455. The van der Waals surface area contributed by atoms with Crippen LogP contribution in [0.15, 0.2) is 18.2 Å². The maximum atomic E-state index is 10.8. The van der Waals surface area contributed by atoms with Gasteiger partial charge in [0.25, 0.3) is 0 Å². The quantitative estimate of drug-likeness (QED) is 0.636. The lowest BCUT2D eigenvalue weighted by atomic mass is 9.92. The Kier molecular flexibility index (Phi) is 3.14. The maximum Gasteiger partial charge on any atom is 0.314 e. The van der Waals surface area contributed by atoms with E-state index in [1.165, 1.54) is 19.2 Å². The second kappa shape index (κ2) is 4.58. The number of ether oxygens (including phenoxy) is 2. The predicted octanol–water partition coefficient (Wildman–Crippen LogP) is 1.51. The molecule has 1 saturated carbocycles. The molecule has 0 aliphatic heterocycles. The Morgan fingerprint density at radius 3 is 2.71 bits per heavy atom. The van der Waals surface area contributed by atoms with Crippen LogP contribution in [0.2, 0.25) is 0 Å². The highest BCUT2D eigenvalue weighted by Gasteiger charge is 2.29. The van der Waals surface area contributed by atoms with Crippen LogP contribution in [0.3, 0.4) is 0 Å². The molecule has 2 rings (SSSR count). The number of nitro benzene ring substituents is 1. The monoisotopic (exact) mass is 239 g/mol. The summed E-state index contributed by atoms with van der Waals surface area (Å²) < 4.78 is 10.4. The molecule has 0 heterocycles. The van der Waals surface area contributed by atoms with Crippen LogP contribution in [-0.2, 0) is 0 Å². The minimum Gasteiger partial charge on any atom is -0.490 e. The SMILES string of the molecule is COc1ccc(OC2CC(O)C2)cc1[N+](=O)[O-]. The van der Waals surface area contributed by atoms with Gasteiger partial charge in [-0.05, 0) is 12.1 Å². The number of aliphatic hydroxyl groups excluding tert-OH is 1. The van der Waals surface area contributed by atoms with Crippen molar-refractivity contribution in [3.8, 4) is 11.5 Å². The van der Waals surface area contributed by atoms with Crippen molar-refractivity contribution < 1.29 is 19.5 Å². The van der Waals surface area contributed by atoms with Gasteiger partial charge in [-0.2, -0.15) is 0 Å². The van der Waals surface area contributed by atoms with E-state index >= 15 is 0 Å².